The molecule has 20 heavy (non-hydrogen) atoms. The molecule has 1 aromatic heterocycles. The normalized spacial score (nSPS) is 18.2. The van der Waals surface area contributed by atoms with Crippen molar-refractivity contribution < 1.29 is 4.74 Å². The van der Waals surface area contributed by atoms with E-state index < -0.39 is 0 Å². The Morgan fingerprint density at radius 2 is 2.30 bits per heavy atom. The lowest BCUT2D eigenvalue weighted by Gasteiger charge is -2.19. The number of nitrogens with one attached hydrogen (secondary N) is 1. The number of aromatic nitrogens is 2. The molecule has 1 unspecified atom stereocenters. The quantitative estimate of drug-likeness (QED) is 0.933. The van der Waals surface area contributed by atoms with Crippen LogP contribution in [0.4, 0.5) is 0 Å². The second-order valence-electron chi connectivity index (χ2n) is 5.36. The fraction of sp³-hybridized carbons (Fsp3) is 0.438. The summed E-state index contributed by atoms with van der Waals surface area (Å²) in [5.74, 6) is 1.06. The summed E-state index contributed by atoms with van der Waals surface area (Å²) in [6.07, 6.45) is 4.02. The molecule has 1 aliphatic heterocycles. The number of nitrogens with zero attached hydrogens (tertiary/aromatic N) is 2. The predicted octanol–water partition coefficient (Wildman–Crippen LogP) is 2.73. The van der Waals surface area contributed by atoms with Crippen molar-refractivity contribution in [1.29, 1.82) is 0 Å². The molecule has 1 atom stereocenters. The van der Waals surface area contributed by atoms with Crippen LogP contribution in [0.3, 0.4) is 0 Å². The maximum Gasteiger partial charge on any atom is 0.126 e. The van der Waals surface area contributed by atoms with Gasteiger partial charge >= 0.3 is 0 Å². The van der Waals surface area contributed by atoms with Gasteiger partial charge in [0, 0.05) is 31.4 Å². The summed E-state index contributed by atoms with van der Waals surface area (Å²) in [6, 6.07) is 8.80. The van der Waals surface area contributed by atoms with E-state index in [1.807, 2.05) is 17.9 Å². The summed E-state index contributed by atoms with van der Waals surface area (Å²) < 4.78 is 7.83. The number of para-hydroxylation sites is 1. The van der Waals surface area contributed by atoms with E-state index in [0.29, 0.717) is 6.04 Å². The Morgan fingerprint density at radius 1 is 1.40 bits per heavy atom. The molecule has 0 bridgehead atoms. The van der Waals surface area contributed by atoms with Crippen molar-refractivity contribution in [2.24, 2.45) is 7.05 Å². The van der Waals surface area contributed by atoms with Crippen molar-refractivity contribution >= 4 is 0 Å². The number of rotatable bonds is 3. The Labute approximate surface area is 119 Å². The molecule has 1 aliphatic rings. The van der Waals surface area contributed by atoms with Crippen LogP contribution in [0, 0.1) is 6.92 Å². The summed E-state index contributed by atoms with van der Waals surface area (Å²) >= 11 is 0. The van der Waals surface area contributed by atoms with Gasteiger partial charge in [0.25, 0.3) is 0 Å². The highest BCUT2D eigenvalue weighted by molar-refractivity contribution is 5.43. The molecule has 1 N–H and O–H groups in total. The van der Waals surface area contributed by atoms with Gasteiger partial charge in [-0.2, -0.15) is 5.10 Å². The zero-order valence-corrected chi connectivity index (χ0v) is 12.1. The van der Waals surface area contributed by atoms with Gasteiger partial charge in [0.05, 0.1) is 12.3 Å². The topological polar surface area (TPSA) is 39.1 Å². The minimum Gasteiger partial charge on any atom is -0.493 e. The van der Waals surface area contributed by atoms with Crippen molar-refractivity contribution in [3.8, 4) is 5.75 Å². The summed E-state index contributed by atoms with van der Waals surface area (Å²) in [5, 5.41) is 7.86. The van der Waals surface area contributed by atoms with E-state index in [9.17, 15) is 0 Å². The lowest BCUT2D eigenvalue weighted by molar-refractivity contribution is 0.313. The fourth-order valence-electron chi connectivity index (χ4n) is 2.78. The molecule has 1 aromatic carbocycles. The molecule has 2 aromatic rings. The number of hydrogen-bond donors (Lipinski definition) is 1. The summed E-state index contributed by atoms with van der Waals surface area (Å²) in [4.78, 5) is 0. The average molecular weight is 271 g/mol. The van der Waals surface area contributed by atoms with Crippen LogP contribution in [-0.4, -0.2) is 16.4 Å². The minimum atomic E-state index is 0.349. The molecule has 4 heteroatoms. The highest BCUT2D eigenvalue weighted by atomic mass is 16.5. The SMILES string of the molecule is Cc1cccc2c1OCCCC2NCc1ccnn1C. The van der Waals surface area contributed by atoms with Crippen molar-refractivity contribution in [2.75, 3.05) is 6.61 Å². The molecule has 0 radical (unpaired) electrons. The molecule has 0 spiro atoms. The number of benzene rings is 1. The number of hydrogen-bond acceptors (Lipinski definition) is 3. The van der Waals surface area contributed by atoms with Crippen molar-refractivity contribution in [3.05, 3.63) is 47.3 Å². The first-order valence-electron chi connectivity index (χ1n) is 7.18. The molecule has 0 saturated heterocycles. The van der Waals surface area contributed by atoms with Crippen molar-refractivity contribution in [1.82, 2.24) is 15.1 Å². The zero-order valence-electron chi connectivity index (χ0n) is 12.1. The highest BCUT2D eigenvalue weighted by Crippen LogP contribution is 2.34. The maximum atomic E-state index is 5.91. The predicted molar refractivity (Wildman–Crippen MR) is 78.7 cm³/mol. The van der Waals surface area contributed by atoms with Crippen LogP contribution in [0.2, 0.25) is 0 Å². The van der Waals surface area contributed by atoms with Gasteiger partial charge in [0.1, 0.15) is 5.75 Å². The molecule has 4 nitrogen and oxygen atoms in total. The van der Waals surface area contributed by atoms with Crippen LogP contribution < -0.4 is 10.1 Å². The van der Waals surface area contributed by atoms with Crippen LogP contribution in [0.1, 0.15) is 35.7 Å². The Hall–Kier alpha value is -1.81. The van der Waals surface area contributed by atoms with E-state index in [4.69, 9.17) is 4.74 Å². The molecule has 0 amide bonds. The second kappa shape index (κ2) is 5.67. The van der Waals surface area contributed by atoms with Crippen LogP contribution >= 0.6 is 0 Å². The van der Waals surface area contributed by atoms with Crippen LogP contribution in [0.25, 0.3) is 0 Å². The Morgan fingerprint density at radius 3 is 3.10 bits per heavy atom. The smallest absolute Gasteiger partial charge is 0.126 e. The molecule has 2 heterocycles. The largest absolute Gasteiger partial charge is 0.493 e. The van der Waals surface area contributed by atoms with Gasteiger partial charge < -0.3 is 10.1 Å². The van der Waals surface area contributed by atoms with Gasteiger partial charge in [-0.3, -0.25) is 4.68 Å². The monoisotopic (exact) mass is 271 g/mol. The van der Waals surface area contributed by atoms with E-state index in [1.165, 1.54) is 16.8 Å². The highest BCUT2D eigenvalue weighted by Gasteiger charge is 2.20. The Balaban J connectivity index is 1.80. The van der Waals surface area contributed by atoms with E-state index in [1.54, 1.807) is 0 Å². The maximum absolute atomic E-state index is 5.91. The summed E-state index contributed by atoms with van der Waals surface area (Å²) in [5.41, 5.74) is 3.70. The third-order valence-electron chi connectivity index (χ3n) is 3.95. The molecule has 0 aliphatic carbocycles. The van der Waals surface area contributed by atoms with Crippen molar-refractivity contribution in [3.63, 3.8) is 0 Å². The lowest BCUT2D eigenvalue weighted by atomic mass is 10.00. The molecular formula is C16H21N3O. The first-order valence-corrected chi connectivity index (χ1v) is 7.18. The van der Waals surface area contributed by atoms with Gasteiger partial charge in [-0.05, 0) is 31.4 Å². The average Bonchev–Trinajstić information content (AvgIpc) is 2.73. The first kappa shape index (κ1) is 13.2. The summed E-state index contributed by atoms with van der Waals surface area (Å²) in [6.45, 7) is 3.75. The molecule has 0 saturated carbocycles. The minimum absolute atomic E-state index is 0.349. The van der Waals surface area contributed by atoms with E-state index in [2.05, 4.69) is 41.6 Å². The molecule has 106 valence electrons. The third kappa shape index (κ3) is 2.56. The zero-order chi connectivity index (χ0) is 13.9. The third-order valence-corrected chi connectivity index (χ3v) is 3.95. The standard InChI is InChI=1S/C16H21N3O/c1-12-5-3-6-14-15(7-4-10-20-16(12)14)17-11-13-8-9-18-19(13)2/h3,5-6,8-9,15,17H,4,7,10-11H2,1-2H3. The van der Waals surface area contributed by atoms with Crippen LogP contribution in [-0.2, 0) is 13.6 Å². The first-order chi connectivity index (χ1) is 9.75. The Kier molecular flexibility index (Phi) is 3.74. The van der Waals surface area contributed by atoms with Crippen LogP contribution in [0.15, 0.2) is 30.5 Å². The lowest BCUT2D eigenvalue weighted by Crippen LogP contribution is -2.22. The van der Waals surface area contributed by atoms with E-state index in [0.717, 1.165) is 31.7 Å². The van der Waals surface area contributed by atoms with E-state index >= 15 is 0 Å². The van der Waals surface area contributed by atoms with Crippen molar-refractivity contribution in [2.45, 2.75) is 32.4 Å². The van der Waals surface area contributed by atoms with Gasteiger partial charge in [-0.25, -0.2) is 0 Å². The molecule has 0 fully saturated rings. The molecule has 3 rings (SSSR count). The van der Waals surface area contributed by atoms with Crippen LogP contribution in [0.5, 0.6) is 5.75 Å². The van der Waals surface area contributed by atoms with Gasteiger partial charge in [0.2, 0.25) is 0 Å². The molecular weight excluding hydrogens is 250 g/mol. The summed E-state index contributed by atoms with van der Waals surface area (Å²) in [7, 11) is 1.98. The second-order valence-corrected chi connectivity index (χ2v) is 5.36. The van der Waals surface area contributed by atoms with Gasteiger partial charge in [0.15, 0.2) is 0 Å². The Bertz CT molecular complexity index is 591. The number of aryl methyl sites for hydroxylation is 2. The van der Waals surface area contributed by atoms with Gasteiger partial charge in [-0.15, -0.1) is 0 Å². The van der Waals surface area contributed by atoms with Gasteiger partial charge in [-0.1, -0.05) is 18.2 Å². The number of ether oxygens (including phenoxy) is 1. The number of fused-ring (bicyclic) bond motifs is 1. The fourth-order valence-corrected chi connectivity index (χ4v) is 2.78. The van der Waals surface area contributed by atoms with E-state index in [-0.39, 0.29) is 0 Å².